The molecule has 0 fully saturated rings. The summed E-state index contributed by atoms with van der Waals surface area (Å²) in [4.78, 5) is 0. The van der Waals surface area contributed by atoms with Crippen LogP contribution in [0.3, 0.4) is 0 Å². The highest BCUT2D eigenvalue weighted by Gasteiger charge is 2.11. The molecule has 0 unspecified atom stereocenters. The summed E-state index contributed by atoms with van der Waals surface area (Å²) < 4.78 is 25.7. The second-order valence-corrected chi connectivity index (χ2v) is 4.06. The predicted molar refractivity (Wildman–Crippen MR) is 76.3 cm³/mol. The van der Waals surface area contributed by atoms with Crippen molar-refractivity contribution in [1.82, 2.24) is 0 Å². The summed E-state index contributed by atoms with van der Waals surface area (Å²) in [5.41, 5.74) is 2.11. The molecule has 0 atom stereocenters. The fourth-order valence-electron chi connectivity index (χ4n) is 2.05. The molecule has 0 saturated carbocycles. The number of hydrogen-bond acceptors (Lipinski definition) is 0. The van der Waals surface area contributed by atoms with Crippen molar-refractivity contribution in [1.29, 1.82) is 0 Å². The Balaban J connectivity index is 0.000000861. The fraction of sp³-hybridized carbons (Fsp3) is 0.294. The number of benzene rings is 2. The van der Waals surface area contributed by atoms with Crippen molar-refractivity contribution >= 4 is 0 Å². The van der Waals surface area contributed by atoms with Gasteiger partial charge in [-0.15, -0.1) is 0 Å². The molecule has 2 rings (SSSR count). The minimum atomic E-state index is -0.234. The van der Waals surface area contributed by atoms with E-state index >= 15 is 0 Å². The zero-order chi connectivity index (χ0) is 14.3. The first-order chi connectivity index (χ1) is 9.20. The van der Waals surface area contributed by atoms with Crippen LogP contribution in [0.15, 0.2) is 48.5 Å². The lowest BCUT2D eigenvalue weighted by atomic mass is 9.89. The predicted octanol–water partition coefficient (Wildman–Crippen LogP) is 5.53. The first kappa shape index (κ1) is 15.4. The first-order valence-electron chi connectivity index (χ1n) is 6.71. The van der Waals surface area contributed by atoms with E-state index in [2.05, 4.69) is 6.92 Å². The number of rotatable bonds is 3. The summed E-state index contributed by atoms with van der Waals surface area (Å²) >= 11 is 0. The molecular formula is C17H20F2. The highest BCUT2D eigenvalue weighted by molar-refractivity contribution is 5.32. The topological polar surface area (TPSA) is 0 Å². The van der Waals surface area contributed by atoms with Crippen LogP contribution in [0.5, 0.6) is 0 Å². The number of halogens is 2. The van der Waals surface area contributed by atoms with Gasteiger partial charge in [0.1, 0.15) is 11.6 Å². The van der Waals surface area contributed by atoms with Gasteiger partial charge in [0.2, 0.25) is 0 Å². The molecule has 0 aliphatic carbocycles. The Morgan fingerprint density at radius 2 is 1.05 bits per heavy atom. The molecule has 2 aromatic carbocycles. The average molecular weight is 262 g/mol. The van der Waals surface area contributed by atoms with Gasteiger partial charge < -0.3 is 0 Å². The summed E-state index contributed by atoms with van der Waals surface area (Å²) in [6, 6.07) is 13.0. The molecule has 0 radical (unpaired) electrons. The molecule has 0 N–H and O–H groups in total. The highest BCUT2D eigenvalue weighted by Crippen LogP contribution is 2.27. The standard InChI is InChI=1S/C15H14F2.C2H6/c1-2-15(11-3-7-13(16)8-4-11)12-5-9-14(17)10-6-12;1-2/h3-10,15H,2H2,1H3;1-2H3. The van der Waals surface area contributed by atoms with Crippen LogP contribution in [-0.4, -0.2) is 0 Å². The molecule has 2 aromatic rings. The molecule has 0 aliphatic rings. The van der Waals surface area contributed by atoms with Gasteiger partial charge in [-0.2, -0.15) is 0 Å². The van der Waals surface area contributed by atoms with Crippen molar-refractivity contribution < 1.29 is 8.78 Å². The quantitative estimate of drug-likeness (QED) is 0.682. The van der Waals surface area contributed by atoms with E-state index in [4.69, 9.17) is 0 Å². The molecule has 0 amide bonds. The molecule has 0 nitrogen and oxygen atoms in total. The van der Waals surface area contributed by atoms with E-state index in [-0.39, 0.29) is 17.6 Å². The van der Waals surface area contributed by atoms with Crippen LogP contribution in [0.25, 0.3) is 0 Å². The van der Waals surface area contributed by atoms with E-state index in [9.17, 15) is 8.78 Å². The third kappa shape index (κ3) is 4.16. The Bertz CT molecular complexity index is 426. The Hall–Kier alpha value is -1.70. The van der Waals surface area contributed by atoms with Crippen LogP contribution in [-0.2, 0) is 0 Å². The monoisotopic (exact) mass is 262 g/mol. The first-order valence-corrected chi connectivity index (χ1v) is 6.71. The maximum atomic E-state index is 12.9. The van der Waals surface area contributed by atoms with Gasteiger partial charge in [-0.25, -0.2) is 8.78 Å². The molecule has 0 spiro atoms. The zero-order valence-electron chi connectivity index (χ0n) is 11.7. The lowest BCUT2D eigenvalue weighted by molar-refractivity contribution is 0.624. The lowest BCUT2D eigenvalue weighted by Gasteiger charge is -2.15. The van der Waals surface area contributed by atoms with Gasteiger partial charge in [0.25, 0.3) is 0 Å². The van der Waals surface area contributed by atoms with Gasteiger partial charge in [0, 0.05) is 5.92 Å². The van der Waals surface area contributed by atoms with E-state index in [1.807, 2.05) is 13.8 Å². The Morgan fingerprint density at radius 1 is 0.737 bits per heavy atom. The van der Waals surface area contributed by atoms with Crippen LogP contribution in [0, 0.1) is 11.6 Å². The number of hydrogen-bond donors (Lipinski definition) is 0. The maximum Gasteiger partial charge on any atom is 0.123 e. The molecule has 0 bridgehead atoms. The molecule has 19 heavy (non-hydrogen) atoms. The highest BCUT2D eigenvalue weighted by atomic mass is 19.1. The zero-order valence-corrected chi connectivity index (χ0v) is 11.7. The van der Waals surface area contributed by atoms with E-state index in [1.165, 1.54) is 24.3 Å². The van der Waals surface area contributed by atoms with Crippen molar-refractivity contribution in [3.05, 3.63) is 71.3 Å². The molecular weight excluding hydrogens is 242 g/mol. The van der Waals surface area contributed by atoms with Crippen LogP contribution in [0.2, 0.25) is 0 Å². The second-order valence-electron chi connectivity index (χ2n) is 4.06. The van der Waals surface area contributed by atoms with Crippen LogP contribution in [0.4, 0.5) is 8.78 Å². The van der Waals surface area contributed by atoms with E-state index in [1.54, 1.807) is 24.3 Å². The summed E-state index contributed by atoms with van der Waals surface area (Å²) in [6.07, 6.45) is 0.900. The summed E-state index contributed by atoms with van der Waals surface area (Å²) in [6.45, 7) is 6.07. The fourth-order valence-corrected chi connectivity index (χ4v) is 2.05. The minimum absolute atomic E-state index is 0.191. The van der Waals surface area contributed by atoms with Crippen LogP contribution >= 0.6 is 0 Å². The van der Waals surface area contributed by atoms with Crippen molar-refractivity contribution in [3.63, 3.8) is 0 Å². The third-order valence-corrected chi connectivity index (χ3v) is 2.95. The van der Waals surface area contributed by atoms with Crippen molar-refractivity contribution in [2.24, 2.45) is 0 Å². The van der Waals surface area contributed by atoms with Crippen molar-refractivity contribution in [2.45, 2.75) is 33.1 Å². The summed E-state index contributed by atoms with van der Waals surface area (Å²) in [7, 11) is 0. The Kier molecular flexibility index (Phi) is 6.20. The minimum Gasteiger partial charge on any atom is -0.207 e. The third-order valence-electron chi connectivity index (χ3n) is 2.95. The maximum absolute atomic E-state index is 12.9. The van der Waals surface area contributed by atoms with E-state index in [0.29, 0.717) is 0 Å². The van der Waals surface area contributed by atoms with Crippen LogP contribution < -0.4 is 0 Å². The largest absolute Gasteiger partial charge is 0.207 e. The van der Waals surface area contributed by atoms with Gasteiger partial charge in [0.05, 0.1) is 0 Å². The second kappa shape index (κ2) is 7.67. The molecule has 0 heterocycles. The lowest BCUT2D eigenvalue weighted by Crippen LogP contribution is -1.99. The summed E-state index contributed by atoms with van der Waals surface area (Å²) in [5, 5.41) is 0. The average Bonchev–Trinajstić information content (AvgIpc) is 2.46. The Labute approximate surface area is 114 Å². The van der Waals surface area contributed by atoms with Crippen LogP contribution in [0.1, 0.15) is 44.2 Å². The SMILES string of the molecule is CC.CCC(c1ccc(F)cc1)c1ccc(F)cc1. The van der Waals surface area contributed by atoms with E-state index < -0.39 is 0 Å². The van der Waals surface area contributed by atoms with Gasteiger partial charge in [-0.3, -0.25) is 0 Å². The molecule has 102 valence electrons. The molecule has 0 saturated heterocycles. The molecule has 0 aromatic heterocycles. The smallest absolute Gasteiger partial charge is 0.123 e. The Morgan fingerprint density at radius 3 is 1.32 bits per heavy atom. The normalized spacial score (nSPS) is 10.0. The van der Waals surface area contributed by atoms with E-state index in [0.717, 1.165) is 17.5 Å². The van der Waals surface area contributed by atoms with Crippen molar-refractivity contribution in [3.8, 4) is 0 Å². The van der Waals surface area contributed by atoms with Gasteiger partial charge in [-0.05, 0) is 41.8 Å². The molecule has 2 heteroatoms. The molecule has 0 aliphatic heterocycles. The summed E-state index contributed by atoms with van der Waals surface area (Å²) in [5.74, 6) is -0.276. The van der Waals surface area contributed by atoms with Gasteiger partial charge in [0.15, 0.2) is 0 Å². The van der Waals surface area contributed by atoms with Gasteiger partial charge in [-0.1, -0.05) is 45.0 Å². The van der Waals surface area contributed by atoms with Crippen molar-refractivity contribution in [2.75, 3.05) is 0 Å². The van der Waals surface area contributed by atoms with Gasteiger partial charge >= 0.3 is 0 Å².